The number of hydrogen-bond donors (Lipinski definition) is 0. The summed E-state index contributed by atoms with van der Waals surface area (Å²) in [7, 11) is 5.83. The van der Waals surface area contributed by atoms with Gasteiger partial charge in [-0.15, -0.1) is 0 Å². The average molecular weight is 363 g/mol. The maximum atomic E-state index is 6.02. The predicted molar refractivity (Wildman–Crippen MR) is 79.0 cm³/mol. The number of hydrogen-bond acceptors (Lipinski definition) is 3. The molecule has 0 radical (unpaired) electrons. The molecular weight excluding hydrogens is 351 g/mol. The third kappa shape index (κ3) is 2.55. The highest BCUT2D eigenvalue weighted by Gasteiger charge is 2.11. The minimum absolute atomic E-state index is 0.482. The Bertz CT molecular complexity index is 589. The van der Waals surface area contributed by atoms with Crippen molar-refractivity contribution in [2.75, 3.05) is 14.1 Å². The fourth-order valence-electron chi connectivity index (χ4n) is 1.56. The quantitative estimate of drug-likeness (QED) is 0.608. The third-order valence-corrected chi connectivity index (χ3v) is 3.27. The normalized spacial score (nSPS) is 11.6. The molecule has 2 rings (SSSR count). The van der Waals surface area contributed by atoms with Gasteiger partial charge in [-0.1, -0.05) is 11.6 Å². The zero-order valence-corrected chi connectivity index (χ0v) is 12.7. The Morgan fingerprint density at radius 1 is 1.47 bits per heavy atom. The Labute approximate surface area is 118 Å². The van der Waals surface area contributed by atoms with E-state index in [-0.39, 0.29) is 0 Å². The van der Waals surface area contributed by atoms with Crippen LogP contribution in [0.4, 0.5) is 0 Å². The minimum Gasteiger partial charge on any atom is -0.383 e. The fourth-order valence-corrected chi connectivity index (χ4v) is 2.63. The van der Waals surface area contributed by atoms with Crippen LogP contribution in [0.2, 0.25) is 5.15 Å². The predicted octanol–water partition coefficient (Wildman–Crippen LogP) is 2.76. The van der Waals surface area contributed by atoms with Gasteiger partial charge in [0, 0.05) is 33.4 Å². The maximum Gasteiger partial charge on any atom is 0.133 e. The van der Waals surface area contributed by atoms with Crippen LogP contribution < -0.4 is 0 Å². The summed E-state index contributed by atoms with van der Waals surface area (Å²) in [5.74, 6) is 0. The lowest BCUT2D eigenvalue weighted by atomic mass is 10.2. The first-order chi connectivity index (χ1) is 7.99. The van der Waals surface area contributed by atoms with E-state index in [1.165, 1.54) is 0 Å². The molecular formula is C11H12ClIN4. The average Bonchev–Trinajstić information content (AvgIpc) is 2.51. The van der Waals surface area contributed by atoms with Gasteiger partial charge < -0.3 is 4.90 Å². The van der Waals surface area contributed by atoms with Crippen molar-refractivity contribution in [3.63, 3.8) is 0 Å². The van der Waals surface area contributed by atoms with E-state index in [4.69, 9.17) is 11.6 Å². The van der Waals surface area contributed by atoms with E-state index in [0.717, 1.165) is 20.3 Å². The van der Waals surface area contributed by atoms with Crippen LogP contribution >= 0.6 is 34.2 Å². The Hall–Kier alpha value is -0.820. The minimum atomic E-state index is 0.482. The molecule has 0 aliphatic heterocycles. The molecule has 0 aliphatic rings. The molecule has 0 amide bonds. The molecule has 0 saturated carbocycles. The van der Waals surface area contributed by atoms with Gasteiger partial charge in [-0.3, -0.25) is 4.68 Å². The number of rotatable bonds is 2. The molecule has 2 aromatic heterocycles. The maximum absolute atomic E-state index is 6.02. The first-order valence-electron chi connectivity index (χ1n) is 5.02. The first-order valence-corrected chi connectivity index (χ1v) is 6.48. The molecule has 17 heavy (non-hydrogen) atoms. The molecule has 0 aliphatic carbocycles. The van der Waals surface area contributed by atoms with Crippen LogP contribution in [0.3, 0.4) is 0 Å². The zero-order valence-electron chi connectivity index (χ0n) is 9.78. The molecule has 0 spiro atoms. The number of aryl methyl sites for hydroxylation is 1. The van der Waals surface area contributed by atoms with Crippen molar-refractivity contribution in [2.24, 2.45) is 7.05 Å². The summed E-state index contributed by atoms with van der Waals surface area (Å²) in [6, 6.07) is 1.83. The largest absolute Gasteiger partial charge is 0.383 e. The van der Waals surface area contributed by atoms with Gasteiger partial charge in [-0.05, 0) is 28.7 Å². The molecule has 0 aromatic carbocycles. The highest BCUT2D eigenvalue weighted by Crippen LogP contribution is 2.26. The van der Waals surface area contributed by atoms with E-state index < -0.39 is 0 Å². The van der Waals surface area contributed by atoms with Gasteiger partial charge in [-0.2, -0.15) is 5.10 Å². The van der Waals surface area contributed by atoms with Gasteiger partial charge in [-0.25, -0.2) is 4.98 Å². The van der Waals surface area contributed by atoms with Gasteiger partial charge in [0.25, 0.3) is 0 Å². The van der Waals surface area contributed by atoms with Crippen molar-refractivity contribution in [3.05, 3.63) is 26.8 Å². The second-order valence-electron chi connectivity index (χ2n) is 3.92. The molecule has 2 aromatic rings. The van der Waals surface area contributed by atoms with Crippen LogP contribution in [-0.4, -0.2) is 33.8 Å². The highest BCUT2D eigenvalue weighted by atomic mass is 127. The monoisotopic (exact) mass is 362 g/mol. The molecule has 90 valence electrons. The highest BCUT2D eigenvalue weighted by molar-refractivity contribution is 14.1. The Morgan fingerprint density at radius 3 is 2.82 bits per heavy atom. The van der Waals surface area contributed by atoms with Crippen LogP contribution in [-0.2, 0) is 7.05 Å². The molecule has 0 atom stereocenters. The Kier molecular flexibility index (Phi) is 3.58. The van der Waals surface area contributed by atoms with E-state index in [2.05, 4.69) is 32.7 Å². The van der Waals surface area contributed by atoms with Crippen LogP contribution in [0.5, 0.6) is 0 Å². The topological polar surface area (TPSA) is 34.0 Å². The second-order valence-corrected chi connectivity index (χ2v) is 5.33. The lowest BCUT2D eigenvalue weighted by Crippen LogP contribution is -2.00. The molecule has 4 nitrogen and oxygen atoms in total. The van der Waals surface area contributed by atoms with Crippen LogP contribution in [0, 0.1) is 3.70 Å². The molecule has 0 bridgehead atoms. The van der Waals surface area contributed by atoms with Gasteiger partial charge in [0.1, 0.15) is 8.85 Å². The van der Waals surface area contributed by atoms with Gasteiger partial charge >= 0.3 is 0 Å². The molecule has 0 fully saturated rings. The van der Waals surface area contributed by atoms with Crippen molar-refractivity contribution >= 4 is 51.2 Å². The lowest BCUT2D eigenvalue weighted by molar-refractivity contribution is 0.567. The van der Waals surface area contributed by atoms with Crippen molar-refractivity contribution in [1.29, 1.82) is 0 Å². The number of pyridine rings is 1. The van der Waals surface area contributed by atoms with Gasteiger partial charge in [0.2, 0.25) is 0 Å². The lowest BCUT2D eigenvalue weighted by Gasteiger charge is -2.04. The summed E-state index contributed by atoms with van der Waals surface area (Å²) in [4.78, 5) is 6.30. The van der Waals surface area contributed by atoms with Crippen LogP contribution in [0.1, 0.15) is 5.69 Å². The third-order valence-electron chi connectivity index (χ3n) is 2.32. The Balaban J connectivity index is 2.69. The van der Waals surface area contributed by atoms with Gasteiger partial charge in [0.15, 0.2) is 0 Å². The van der Waals surface area contributed by atoms with E-state index >= 15 is 0 Å². The number of fused-ring (bicyclic) bond motifs is 1. The number of nitrogens with zero attached hydrogens (tertiary/aromatic N) is 4. The van der Waals surface area contributed by atoms with Crippen molar-refractivity contribution in [2.45, 2.75) is 0 Å². The molecule has 2 heterocycles. The molecule has 6 heteroatoms. The second kappa shape index (κ2) is 4.81. The van der Waals surface area contributed by atoms with Crippen molar-refractivity contribution in [3.8, 4) is 0 Å². The summed E-state index contributed by atoms with van der Waals surface area (Å²) < 4.78 is 2.75. The summed E-state index contributed by atoms with van der Waals surface area (Å²) in [5, 5.41) is 5.90. The van der Waals surface area contributed by atoms with E-state index in [1.807, 2.05) is 49.1 Å². The summed E-state index contributed by atoms with van der Waals surface area (Å²) >= 11 is 8.23. The standard InChI is InChI=1S/C11H12ClIN4/c1-16(2)5-4-7-10-8(6-9(12)14-7)17(3)15-11(10)13/h4-6H,1-3H3/b5-4+. The van der Waals surface area contributed by atoms with Crippen LogP contribution in [0.15, 0.2) is 12.3 Å². The van der Waals surface area contributed by atoms with Crippen molar-refractivity contribution in [1.82, 2.24) is 19.7 Å². The van der Waals surface area contributed by atoms with Crippen LogP contribution in [0.25, 0.3) is 17.0 Å². The molecule has 0 N–H and O–H groups in total. The summed E-state index contributed by atoms with van der Waals surface area (Å²) in [5.41, 5.74) is 1.84. The van der Waals surface area contributed by atoms with E-state index in [1.54, 1.807) is 0 Å². The van der Waals surface area contributed by atoms with E-state index in [9.17, 15) is 0 Å². The Morgan fingerprint density at radius 2 is 2.18 bits per heavy atom. The van der Waals surface area contributed by atoms with Crippen molar-refractivity contribution < 1.29 is 0 Å². The SMILES string of the molecule is CN(C)/C=C/c1nc(Cl)cc2c1c(I)nn2C. The molecule has 0 saturated heterocycles. The summed E-state index contributed by atoms with van der Waals surface area (Å²) in [6.45, 7) is 0. The van der Waals surface area contributed by atoms with E-state index in [0.29, 0.717) is 5.15 Å². The zero-order chi connectivity index (χ0) is 12.6. The fraction of sp³-hybridized carbons (Fsp3) is 0.273. The number of halogens is 2. The summed E-state index contributed by atoms with van der Waals surface area (Å²) in [6.07, 6.45) is 3.89. The first kappa shape index (κ1) is 12.6. The molecule has 0 unspecified atom stereocenters. The smallest absolute Gasteiger partial charge is 0.133 e. The number of aromatic nitrogens is 3. The van der Waals surface area contributed by atoms with Gasteiger partial charge in [0.05, 0.1) is 16.6 Å².